The second-order valence-electron chi connectivity index (χ2n) is 9.82. The van der Waals surface area contributed by atoms with Gasteiger partial charge >= 0.3 is 6.03 Å². The smallest absolute Gasteiger partial charge is 0.329 e. The fourth-order valence-electron chi connectivity index (χ4n) is 6.46. The minimum absolute atomic E-state index is 0.0129. The van der Waals surface area contributed by atoms with Crippen LogP contribution in [-0.2, 0) is 10.2 Å². The maximum Gasteiger partial charge on any atom is 0.329 e. The second-order valence-corrected chi connectivity index (χ2v) is 10.3. The first-order valence-electron chi connectivity index (χ1n) is 12.1. The number of morpholine rings is 1. The average molecular weight is 467 g/mol. The van der Waals surface area contributed by atoms with Crippen LogP contribution in [0.15, 0.2) is 48.5 Å². The van der Waals surface area contributed by atoms with Crippen molar-refractivity contribution in [2.24, 2.45) is 0 Å². The standard InChI is InChI=1S/C26H31ClN4O2/c27-24-15-18(28-25(32)29-31-11-13-33-14-12-31)9-10-30(24)17-26-16-21(19-5-1-3-7-22(19)26)20-6-2-4-8-23(20)26/h1-8,18,21,24H,9-17H2,(H2,28,29,32). The number of halogens is 1. The van der Waals surface area contributed by atoms with Gasteiger partial charge in [-0.05, 0) is 41.5 Å². The lowest BCUT2D eigenvalue weighted by atomic mass is 9.74. The highest BCUT2D eigenvalue weighted by Crippen LogP contribution is 2.60. The van der Waals surface area contributed by atoms with Gasteiger partial charge in [-0.1, -0.05) is 48.5 Å². The molecule has 2 atom stereocenters. The van der Waals surface area contributed by atoms with Crippen LogP contribution in [0.5, 0.6) is 0 Å². The van der Waals surface area contributed by atoms with Crippen molar-refractivity contribution in [3.8, 4) is 0 Å². The van der Waals surface area contributed by atoms with Gasteiger partial charge < -0.3 is 10.1 Å². The highest BCUT2D eigenvalue weighted by atomic mass is 35.5. The first-order chi connectivity index (χ1) is 16.1. The number of alkyl halides is 1. The molecule has 2 bridgehead atoms. The van der Waals surface area contributed by atoms with Gasteiger partial charge in [-0.2, -0.15) is 0 Å². The molecule has 2 heterocycles. The Morgan fingerprint density at radius 3 is 2.36 bits per heavy atom. The molecule has 0 saturated carbocycles. The van der Waals surface area contributed by atoms with E-state index >= 15 is 0 Å². The Labute approximate surface area is 200 Å². The second kappa shape index (κ2) is 8.58. The van der Waals surface area contributed by atoms with Crippen LogP contribution in [-0.4, -0.2) is 66.9 Å². The predicted molar refractivity (Wildman–Crippen MR) is 128 cm³/mol. The predicted octanol–water partition coefficient (Wildman–Crippen LogP) is 3.40. The molecule has 174 valence electrons. The Balaban J connectivity index is 1.14. The van der Waals surface area contributed by atoms with E-state index in [9.17, 15) is 4.79 Å². The summed E-state index contributed by atoms with van der Waals surface area (Å²) in [5.74, 6) is 0.495. The molecule has 0 spiro atoms. The van der Waals surface area contributed by atoms with Gasteiger partial charge in [-0.15, -0.1) is 11.6 Å². The van der Waals surface area contributed by atoms with E-state index in [1.807, 2.05) is 5.01 Å². The van der Waals surface area contributed by atoms with Crippen molar-refractivity contribution in [1.82, 2.24) is 20.7 Å². The fourth-order valence-corrected chi connectivity index (χ4v) is 6.85. The average Bonchev–Trinajstić information content (AvgIpc) is 3.34. The van der Waals surface area contributed by atoms with E-state index in [0.29, 0.717) is 19.1 Å². The Morgan fingerprint density at radius 2 is 1.70 bits per heavy atom. The van der Waals surface area contributed by atoms with Crippen molar-refractivity contribution in [3.63, 3.8) is 0 Å². The van der Waals surface area contributed by atoms with Gasteiger partial charge in [0.1, 0.15) is 0 Å². The summed E-state index contributed by atoms with van der Waals surface area (Å²) in [6.45, 7) is 4.55. The summed E-state index contributed by atoms with van der Waals surface area (Å²) in [4.78, 5) is 14.9. The number of urea groups is 1. The van der Waals surface area contributed by atoms with Crippen LogP contribution < -0.4 is 10.7 Å². The molecule has 6 nitrogen and oxygen atoms in total. The summed E-state index contributed by atoms with van der Waals surface area (Å²) in [5, 5.41) is 5.04. The molecule has 7 heteroatoms. The van der Waals surface area contributed by atoms with E-state index < -0.39 is 0 Å². The number of hydrogen-bond donors (Lipinski definition) is 2. The quantitative estimate of drug-likeness (QED) is 0.535. The number of hydrogen-bond acceptors (Lipinski definition) is 4. The molecule has 4 aliphatic rings. The number of carbonyl (C=O) groups excluding carboxylic acids is 1. The van der Waals surface area contributed by atoms with Gasteiger partial charge in [0.05, 0.1) is 18.7 Å². The van der Waals surface area contributed by atoms with Gasteiger partial charge in [0.25, 0.3) is 0 Å². The van der Waals surface area contributed by atoms with Crippen molar-refractivity contribution in [2.75, 3.05) is 39.4 Å². The lowest BCUT2D eigenvalue weighted by Gasteiger charge is -2.42. The van der Waals surface area contributed by atoms with Crippen LogP contribution in [0.25, 0.3) is 0 Å². The summed E-state index contributed by atoms with van der Waals surface area (Å²) < 4.78 is 5.34. The first kappa shape index (κ1) is 21.4. The SMILES string of the molecule is O=C(NC1CCN(CC23CC(c4ccccc42)c2ccccc23)C(Cl)C1)NN1CCOCC1. The number of likely N-dealkylation sites (tertiary alicyclic amines) is 1. The van der Waals surface area contributed by atoms with Crippen molar-refractivity contribution < 1.29 is 9.53 Å². The lowest BCUT2D eigenvalue weighted by molar-refractivity contribution is 0.0190. The van der Waals surface area contributed by atoms with Gasteiger partial charge in [0.15, 0.2) is 0 Å². The molecule has 2 N–H and O–H groups in total. The third-order valence-electron chi connectivity index (χ3n) is 7.98. The Hall–Kier alpha value is -2.12. The number of rotatable bonds is 4. The van der Waals surface area contributed by atoms with E-state index in [2.05, 4.69) is 64.2 Å². The third-order valence-corrected chi connectivity index (χ3v) is 8.43. The Bertz CT molecular complexity index is 993. The summed E-state index contributed by atoms with van der Waals surface area (Å²) in [6.07, 6.45) is 2.79. The van der Waals surface area contributed by atoms with E-state index in [0.717, 1.165) is 45.4 Å². The van der Waals surface area contributed by atoms with Crippen molar-refractivity contribution in [3.05, 3.63) is 70.8 Å². The third kappa shape index (κ3) is 3.73. The van der Waals surface area contributed by atoms with E-state index in [4.69, 9.17) is 16.3 Å². The Morgan fingerprint density at radius 1 is 1.03 bits per heavy atom. The molecule has 2 fully saturated rings. The molecule has 33 heavy (non-hydrogen) atoms. The molecule has 2 aliphatic heterocycles. The van der Waals surface area contributed by atoms with E-state index in [1.165, 1.54) is 22.3 Å². The number of fused-ring (bicyclic) bond motifs is 8. The molecule has 2 aliphatic carbocycles. The van der Waals surface area contributed by atoms with Crippen LogP contribution in [0, 0.1) is 0 Å². The molecular weight excluding hydrogens is 436 g/mol. The molecule has 6 rings (SSSR count). The summed E-state index contributed by atoms with van der Waals surface area (Å²) >= 11 is 6.95. The van der Waals surface area contributed by atoms with Crippen LogP contribution in [0.2, 0.25) is 0 Å². The highest BCUT2D eigenvalue weighted by molar-refractivity contribution is 6.20. The fraction of sp³-hybridized carbons (Fsp3) is 0.500. The topological polar surface area (TPSA) is 56.8 Å². The molecule has 2 saturated heterocycles. The highest BCUT2D eigenvalue weighted by Gasteiger charge is 2.53. The maximum atomic E-state index is 12.5. The van der Waals surface area contributed by atoms with E-state index in [1.54, 1.807) is 0 Å². The minimum atomic E-state index is -0.143. The number of nitrogens with one attached hydrogen (secondary N) is 2. The van der Waals surface area contributed by atoms with Gasteiger partial charge in [-0.25, -0.2) is 9.80 Å². The Kier molecular flexibility index (Phi) is 5.57. The van der Waals surface area contributed by atoms with Gasteiger partial charge in [0.2, 0.25) is 0 Å². The van der Waals surface area contributed by atoms with Crippen LogP contribution in [0.1, 0.15) is 47.4 Å². The van der Waals surface area contributed by atoms with Crippen LogP contribution >= 0.6 is 11.6 Å². The lowest BCUT2D eigenvalue weighted by Crippen LogP contribution is -2.56. The zero-order valence-corrected chi connectivity index (χ0v) is 19.6. The normalized spacial score (nSPS) is 31.1. The number of ether oxygens (including phenoxy) is 1. The molecule has 2 aromatic rings. The van der Waals surface area contributed by atoms with Gasteiger partial charge in [0, 0.05) is 43.6 Å². The van der Waals surface area contributed by atoms with E-state index in [-0.39, 0.29) is 23.0 Å². The molecule has 2 unspecified atom stereocenters. The van der Waals surface area contributed by atoms with Crippen molar-refractivity contribution in [2.45, 2.75) is 42.1 Å². The monoisotopic (exact) mass is 466 g/mol. The van der Waals surface area contributed by atoms with Crippen molar-refractivity contribution in [1.29, 1.82) is 0 Å². The molecule has 0 radical (unpaired) electrons. The molecule has 0 aromatic heterocycles. The number of hydrazine groups is 1. The largest absolute Gasteiger partial charge is 0.379 e. The number of piperidine rings is 1. The molecular formula is C26H31ClN4O2. The summed E-state index contributed by atoms with van der Waals surface area (Å²) in [6, 6.07) is 17.9. The minimum Gasteiger partial charge on any atom is -0.379 e. The van der Waals surface area contributed by atoms with Crippen LogP contribution in [0.3, 0.4) is 0 Å². The summed E-state index contributed by atoms with van der Waals surface area (Å²) in [7, 11) is 0. The zero-order valence-electron chi connectivity index (χ0n) is 18.8. The molecule has 2 aromatic carbocycles. The number of amides is 2. The maximum absolute atomic E-state index is 12.5. The number of benzene rings is 2. The number of nitrogens with zero attached hydrogens (tertiary/aromatic N) is 2. The zero-order chi connectivity index (χ0) is 22.4. The van der Waals surface area contributed by atoms with Crippen molar-refractivity contribution >= 4 is 17.6 Å². The molecule has 2 amide bonds. The number of carbonyl (C=O) groups is 1. The summed E-state index contributed by atoms with van der Waals surface area (Å²) in [5.41, 5.74) is 8.78. The first-order valence-corrected chi connectivity index (χ1v) is 12.5. The van der Waals surface area contributed by atoms with Crippen LogP contribution in [0.4, 0.5) is 4.79 Å². The van der Waals surface area contributed by atoms with Gasteiger partial charge in [-0.3, -0.25) is 10.3 Å².